The average molecular weight is 342 g/mol. The second kappa shape index (κ2) is 7.25. The summed E-state index contributed by atoms with van der Waals surface area (Å²) in [5.74, 6) is 2.34. The number of esters is 1. The average Bonchev–Trinajstić information content (AvgIpc) is 2.99. The summed E-state index contributed by atoms with van der Waals surface area (Å²) in [5.41, 5.74) is 2.80. The molecule has 2 heterocycles. The highest BCUT2D eigenvalue weighted by molar-refractivity contribution is 5.88. The molecule has 1 aliphatic carbocycles. The molecule has 0 amide bonds. The van der Waals surface area contributed by atoms with Crippen molar-refractivity contribution in [1.82, 2.24) is 14.7 Å². The van der Waals surface area contributed by atoms with E-state index in [0.29, 0.717) is 18.7 Å². The summed E-state index contributed by atoms with van der Waals surface area (Å²) in [7, 11) is 0. The molecule has 2 fully saturated rings. The number of fused-ring (bicyclic) bond motifs is 1. The van der Waals surface area contributed by atoms with Gasteiger partial charge in [-0.15, -0.1) is 0 Å². The van der Waals surface area contributed by atoms with E-state index in [1.54, 1.807) is 24.0 Å². The van der Waals surface area contributed by atoms with Gasteiger partial charge in [0.05, 0.1) is 24.9 Å². The highest BCUT2D eigenvalue weighted by Gasteiger charge is 2.45. The van der Waals surface area contributed by atoms with E-state index < -0.39 is 0 Å². The Morgan fingerprint density at radius 3 is 2.80 bits per heavy atom. The minimum atomic E-state index is -0.335. The number of carbonyl (C=O) groups excluding carboxylic acids is 1. The number of likely N-dealkylation sites (tertiary alicyclic amines) is 1. The van der Waals surface area contributed by atoms with Crippen LogP contribution >= 0.6 is 0 Å². The number of rotatable bonds is 7. The lowest BCUT2D eigenvalue weighted by molar-refractivity contribution is 0.0526. The summed E-state index contributed by atoms with van der Waals surface area (Å²) in [6.07, 6.45) is 6.74. The van der Waals surface area contributed by atoms with E-state index in [9.17, 15) is 4.79 Å². The molecule has 2 atom stereocenters. The number of aromatic nitrogens is 2. The number of hydrogen-bond donors (Lipinski definition) is 0. The van der Waals surface area contributed by atoms with Crippen molar-refractivity contribution in [3.05, 3.63) is 41.0 Å². The maximum Gasteiger partial charge on any atom is 0.341 e. The first-order valence-corrected chi connectivity index (χ1v) is 8.81. The van der Waals surface area contributed by atoms with Crippen LogP contribution < -0.4 is 0 Å². The molecule has 6 nitrogen and oxygen atoms in total. The van der Waals surface area contributed by atoms with Gasteiger partial charge in [-0.1, -0.05) is 0 Å². The third kappa shape index (κ3) is 4.00. The molecule has 6 heteroatoms. The summed E-state index contributed by atoms with van der Waals surface area (Å²) in [4.78, 5) is 18.3. The van der Waals surface area contributed by atoms with Crippen molar-refractivity contribution >= 4 is 12.7 Å². The fourth-order valence-electron chi connectivity index (χ4n) is 3.28. The zero-order valence-electron chi connectivity index (χ0n) is 15.2. The van der Waals surface area contributed by atoms with Crippen LogP contribution in [0.4, 0.5) is 0 Å². The molecule has 2 aliphatic rings. The number of nitrogens with zero attached hydrogens (tertiary/aromatic N) is 4. The maximum absolute atomic E-state index is 11.7. The summed E-state index contributed by atoms with van der Waals surface area (Å²) in [6.45, 7) is 12.9. The summed E-state index contributed by atoms with van der Waals surface area (Å²) < 4.78 is 6.75. The van der Waals surface area contributed by atoms with Crippen LogP contribution in [0.3, 0.4) is 0 Å². The van der Waals surface area contributed by atoms with Gasteiger partial charge < -0.3 is 9.64 Å². The number of allylic oxidation sites excluding steroid dienone is 3. The maximum atomic E-state index is 11.7. The van der Waals surface area contributed by atoms with E-state index in [1.807, 2.05) is 0 Å². The molecule has 3 rings (SSSR count). The standard InChI is InChI=1S/C19H26N4O2/c1-5-25-19(24)17-8-21-23(12-17)9-14(3)13(2)6-18(20-4)22-10-15-7-16(15)11-22/h6,8,12,15-16H,4-5,7,9-11H2,1-3H3/b14-13+,18-6+. The van der Waals surface area contributed by atoms with Gasteiger partial charge in [-0.3, -0.25) is 4.68 Å². The monoisotopic (exact) mass is 342 g/mol. The van der Waals surface area contributed by atoms with Crippen LogP contribution in [0.1, 0.15) is 37.6 Å². The molecule has 0 radical (unpaired) electrons. The second-order valence-corrected chi connectivity index (χ2v) is 6.93. The minimum absolute atomic E-state index is 0.335. The Morgan fingerprint density at radius 1 is 1.44 bits per heavy atom. The smallest absolute Gasteiger partial charge is 0.341 e. The first kappa shape index (κ1) is 17.5. The third-order valence-corrected chi connectivity index (χ3v) is 5.03. The first-order chi connectivity index (χ1) is 12.0. The molecule has 1 aromatic rings. The van der Waals surface area contributed by atoms with Crippen molar-refractivity contribution in [3.63, 3.8) is 0 Å². The highest BCUT2D eigenvalue weighted by Crippen LogP contribution is 2.46. The summed E-state index contributed by atoms with van der Waals surface area (Å²) in [5, 5.41) is 4.25. The van der Waals surface area contributed by atoms with Crippen molar-refractivity contribution in [2.45, 2.75) is 33.7 Å². The Bertz CT molecular complexity index is 722. The Kier molecular flexibility index (Phi) is 5.06. The molecule has 1 saturated carbocycles. The molecule has 1 aromatic heterocycles. The van der Waals surface area contributed by atoms with Gasteiger partial charge in [0.2, 0.25) is 0 Å². The van der Waals surface area contributed by atoms with E-state index in [2.05, 4.69) is 41.6 Å². The topological polar surface area (TPSA) is 59.7 Å². The Labute approximate surface area is 148 Å². The lowest BCUT2D eigenvalue weighted by Crippen LogP contribution is -2.21. The fourth-order valence-corrected chi connectivity index (χ4v) is 3.28. The van der Waals surface area contributed by atoms with Crippen LogP contribution in [0.15, 0.2) is 40.4 Å². The normalized spacial score (nSPS) is 23.2. The van der Waals surface area contributed by atoms with Crippen LogP contribution in [0.5, 0.6) is 0 Å². The highest BCUT2D eigenvalue weighted by atomic mass is 16.5. The number of ether oxygens (including phenoxy) is 1. The number of carbonyl (C=O) groups is 1. The molecule has 0 aromatic carbocycles. The summed E-state index contributed by atoms with van der Waals surface area (Å²) in [6, 6.07) is 0. The van der Waals surface area contributed by atoms with Crippen molar-refractivity contribution in [1.29, 1.82) is 0 Å². The Hall–Kier alpha value is -2.37. The molecule has 0 spiro atoms. The van der Waals surface area contributed by atoms with Gasteiger partial charge in [-0.05, 0) is 63.0 Å². The summed E-state index contributed by atoms with van der Waals surface area (Å²) >= 11 is 0. The number of hydrogen-bond acceptors (Lipinski definition) is 5. The van der Waals surface area contributed by atoms with E-state index in [4.69, 9.17) is 4.74 Å². The molecular weight excluding hydrogens is 316 g/mol. The van der Waals surface area contributed by atoms with Gasteiger partial charge in [0.25, 0.3) is 0 Å². The first-order valence-electron chi connectivity index (χ1n) is 8.81. The lowest BCUT2D eigenvalue weighted by Gasteiger charge is -2.20. The third-order valence-electron chi connectivity index (χ3n) is 5.03. The van der Waals surface area contributed by atoms with Gasteiger partial charge in [-0.2, -0.15) is 5.10 Å². The number of piperidine rings is 1. The second-order valence-electron chi connectivity index (χ2n) is 6.93. The van der Waals surface area contributed by atoms with Gasteiger partial charge in [0.15, 0.2) is 0 Å². The SMILES string of the molecule is C=N/C(=C\C(C)=C(/C)Cn1cc(C(=O)OCC)cn1)N1CC2CC2C1. The van der Waals surface area contributed by atoms with Gasteiger partial charge in [-0.25, -0.2) is 9.79 Å². The van der Waals surface area contributed by atoms with Crippen LogP contribution in [0, 0.1) is 11.8 Å². The molecular formula is C19H26N4O2. The Morgan fingerprint density at radius 2 is 2.16 bits per heavy atom. The van der Waals surface area contributed by atoms with Crippen molar-refractivity contribution < 1.29 is 9.53 Å². The molecule has 1 aliphatic heterocycles. The van der Waals surface area contributed by atoms with Gasteiger partial charge in [0.1, 0.15) is 5.82 Å². The van der Waals surface area contributed by atoms with Crippen LogP contribution in [0.2, 0.25) is 0 Å². The molecule has 2 unspecified atom stereocenters. The molecule has 134 valence electrons. The predicted octanol–water partition coefficient (Wildman–Crippen LogP) is 2.89. The molecule has 1 saturated heterocycles. The zero-order valence-corrected chi connectivity index (χ0v) is 15.2. The predicted molar refractivity (Wildman–Crippen MR) is 97.4 cm³/mol. The quantitative estimate of drug-likeness (QED) is 0.434. The van der Waals surface area contributed by atoms with E-state index in [1.165, 1.54) is 12.0 Å². The van der Waals surface area contributed by atoms with E-state index in [-0.39, 0.29) is 5.97 Å². The lowest BCUT2D eigenvalue weighted by atomic mass is 10.1. The van der Waals surface area contributed by atoms with Crippen molar-refractivity contribution in [2.75, 3.05) is 19.7 Å². The van der Waals surface area contributed by atoms with Crippen molar-refractivity contribution in [2.24, 2.45) is 16.8 Å². The van der Waals surface area contributed by atoms with Crippen LogP contribution in [0.25, 0.3) is 0 Å². The van der Waals surface area contributed by atoms with Gasteiger partial charge in [0, 0.05) is 19.3 Å². The van der Waals surface area contributed by atoms with E-state index >= 15 is 0 Å². The molecule has 0 N–H and O–H groups in total. The number of aliphatic imine (C=N–C) groups is 1. The van der Waals surface area contributed by atoms with Crippen molar-refractivity contribution in [3.8, 4) is 0 Å². The minimum Gasteiger partial charge on any atom is -0.462 e. The van der Waals surface area contributed by atoms with Crippen LogP contribution in [-0.2, 0) is 11.3 Å². The largest absolute Gasteiger partial charge is 0.462 e. The van der Waals surface area contributed by atoms with Crippen LogP contribution in [-0.4, -0.2) is 47.1 Å². The fraction of sp³-hybridized carbons (Fsp3) is 0.526. The zero-order chi connectivity index (χ0) is 18.0. The van der Waals surface area contributed by atoms with Gasteiger partial charge >= 0.3 is 5.97 Å². The Balaban J connectivity index is 1.67. The molecule has 25 heavy (non-hydrogen) atoms. The van der Waals surface area contributed by atoms with E-state index in [0.717, 1.165) is 36.3 Å². The molecule has 0 bridgehead atoms.